The maximum Gasteiger partial charge on any atom is 0.178 e. The van der Waals surface area contributed by atoms with Crippen LogP contribution < -0.4 is 0 Å². The highest BCUT2D eigenvalue weighted by atomic mass is 79.9. The summed E-state index contributed by atoms with van der Waals surface area (Å²) in [4.78, 5) is 0. The van der Waals surface area contributed by atoms with Gasteiger partial charge in [0.25, 0.3) is 0 Å². The van der Waals surface area contributed by atoms with Gasteiger partial charge in [-0.1, -0.05) is 16.8 Å². The van der Waals surface area contributed by atoms with Crippen LogP contribution in [0.4, 0.5) is 8.78 Å². The van der Waals surface area contributed by atoms with Crippen LogP contribution in [0.1, 0.15) is 5.56 Å². The van der Waals surface area contributed by atoms with Gasteiger partial charge in [-0.3, -0.25) is 0 Å². The molecule has 0 aliphatic carbocycles. The van der Waals surface area contributed by atoms with E-state index < -0.39 is 16.8 Å². The standard InChI is InChI=1S/C7H3BrClF2NO/c8-4-2-1-3(7(9)12-13)5(10)6(4)11/h1-2,13H/b12-7+. The molecule has 0 aliphatic heterocycles. The summed E-state index contributed by atoms with van der Waals surface area (Å²) in [6.45, 7) is 0. The second-order valence-electron chi connectivity index (χ2n) is 2.11. The lowest BCUT2D eigenvalue weighted by molar-refractivity contribution is 0.320. The number of halogens is 4. The van der Waals surface area contributed by atoms with Crippen molar-refractivity contribution >= 4 is 32.7 Å². The molecule has 0 atom stereocenters. The van der Waals surface area contributed by atoms with Gasteiger partial charge in [-0.05, 0) is 28.1 Å². The molecule has 0 amide bonds. The highest BCUT2D eigenvalue weighted by Gasteiger charge is 2.14. The van der Waals surface area contributed by atoms with Gasteiger partial charge in [0, 0.05) is 0 Å². The fourth-order valence-electron chi connectivity index (χ4n) is 0.739. The van der Waals surface area contributed by atoms with Crippen LogP contribution in [0.5, 0.6) is 0 Å². The van der Waals surface area contributed by atoms with Crippen LogP contribution in [-0.4, -0.2) is 10.4 Å². The predicted molar refractivity (Wildman–Crippen MR) is 48.2 cm³/mol. The Morgan fingerprint density at radius 1 is 1.38 bits per heavy atom. The number of oxime groups is 1. The highest BCUT2D eigenvalue weighted by Crippen LogP contribution is 2.22. The first kappa shape index (κ1) is 10.4. The van der Waals surface area contributed by atoms with E-state index in [0.29, 0.717) is 0 Å². The second-order valence-corrected chi connectivity index (χ2v) is 3.33. The SMILES string of the molecule is O/N=C(/Cl)c1ccc(Br)c(F)c1F. The topological polar surface area (TPSA) is 32.6 Å². The van der Waals surface area contributed by atoms with Crippen molar-refractivity contribution in [3.8, 4) is 0 Å². The average molecular weight is 270 g/mol. The van der Waals surface area contributed by atoms with Crippen LogP contribution in [0.2, 0.25) is 0 Å². The van der Waals surface area contributed by atoms with E-state index in [9.17, 15) is 8.78 Å². The maximum absolute atomic E-state index is 13.0. The van der Waals surface area contributed by atoms with E-state index in [1.54, 1.807) is 0 Å². The van der Waals surface area contributed by atoms with Gasteiger partial charge in [-0.15, -0.1) is 0 Å². The minimum absolute atomic E-state index is 0.0174. The van der Waals surface area contributed by atoms with E-state index in [4.69, 9.17) is 16.8 Å². The molecular formula is C7H3BrClF2NO. The molecule has 13 heavy (non-hydrogen) atoms. The Kier molecular flexibility index (Phi) is 3.22. The van der Waals surface area contributed by atoms with Crippen molar-refractivity contribution in [3.05, 3.63) is 33.8 Å². The van der Waals surface area contributed by atoms with Crippen LogP contribution in [0, 0.1) is 11.6 Å². The average Bonchev–Trinajstić information content (AvgIpc) is 2.13. The molecule has 0 aliphatic rings. The maximum atomic E-state index is 13.0. The molecular weight excluding hydrogens is 267 g/mol. The van der Waals surface area contributed by atoms with Crippen molar-refractivity contribution in [2.24, 2.45) is 5.16 Å². The molecule has 1 aromatic rings. The van der Waals surface area contributed by atoms with Gasteiger partial charge in [0.1, 0.15) is 0 Å². The summed E-state index contributed by atoms with van der Waals surface area (Å²) < 4.78 is 25.9. The molecule has 1 rings (SSSR count). The van der Waals surface area contributed by atoms with Gasteiger partial charge >= 0.3 is 0 Å². The molecule has 1 aromatic carbocycles. The Labute approximate surface area is 85.9 Å². The molecule has 0 bridgehead atoms. The Bertz CT molecular complexity index is 370. The predicted octanol–water partition coefficient (Wildman–Crippen LogP) is 3.10. The lowest BCUT2D eigenvalue weighted by Crippen LogP contribution is -1.99. The Balaban J connectivity index is 3.34. The zero-order chi connectivity index (χ0) is 10.0. The molecule has 70 valence electrons. The molecule has 6 heteroatoms. The number of hydrogen-bond acceptors (Lipinski definition) is 2. The molecule has 0 heterocycles. The summed E-state index contributed by atoms with van der Waals surface area (Å²) in [6, 6.07) is 2.46. The quantitative estimate of drug-likeness (QED) is 0.362. The summed E-state index contributed by atoms with van der Waals surface area (Å²) in [5, 5.41) is 10.3. The summed E-state index contributed by atoms with van der Waals surface area (Å²) in [5.41, 5.74) is -0.287. The van der Waals surface area contributed by atoms with Crippen LogP contribution in [0.3, 0.4) is 0 Å². The van der Waals surface area contributed by atoms with Crippen LogP contribution >= 0.6 is 27.5 Å². The number of rotatable bonds is 1. The number of benzene rings is 1. The van der Waals surface area contributed by atoms with Crippen molar-refractivity contribution < 1.29 is 14.0 Å². The van der Waals surface area contributed by atoms with E-state index in [-0.39, 0.29) is 10.0 Å². The third-order valence-electron chi connectivity index (χ3n) is 1.35. The van der Waals surface area contributed by atoms with Gasteiger partial charge in [-0.2, -0.15) is 0 Å². The monoisotopic (exact) mass is 269 g/mol. The van der Waals surface area contributed by atoms with Crippen molar-refractivity contribution in [1.29, 1.82) is 0 Å². The molecule has 0 fully saturated rings. The number of nitrogens with zero attached hydrogens (tertiary/aromatic N) is 1. The van der Waals surface area contributed by atoms with Gasteiger partial charge in [0.05, 0.1) is 10.0 Å². The normalized spacial score (nSPS) is 11.8. The van der Waals surface area contributed by atoms with E-state index in [0.717, 1.165) is 0 Å². The van der Waals surface area contributed by atoms with E-state index >= 15 is 0 Å². The molecule has 1 N–H and O–H groups in total. The van der Waals surface area contributed by atoms with Crippen molar-refractivity contribution in [2.45, 2.75) is 0 Å². The molecule has 0 radical (unpaired) electrons. The highest BCUT2D eigenvalue weighted by molar-refractivity contribution is 9.10. The van der Waals surface area contributed by atoms with Gasteiger partial charge in [0.15, 0.2) is 16.8 Å². The Morgan fingerprint density at radius 3 is 2.54 bits per heavy atom. The molecule has 2 nitrogen and oxygen atoms in total. The van der Waals surface area contributed by atoms with E-state index in [2.05, 4.69) is 21.1 Å². The zero-order valence-corrected chi connectivity index (χ0v) is 8.40. The molecule has 0 unspecified atom stereocenters. The number of hydrogen-bond donors (Lipinski definition) is 1. The van der Waals surface area contributed by atoms with Crippen molar-refractivity contribution in [3.63, 3.8) is 0 Å². The molecule has 0 spiro atoms. The van der Waals surface area contributed by atoms with Gasteiger partial charge < -0.3 is 5.21 Å². The van der Waals surface area contributed by atoms with Gasteiger partial charge in [-0.25, -0.2) is 8.78 Å². The van der Waals surface area contributed by atoms with Crippen LogP contribution in [0.25, 0.3) is 0 Å². The molecule has 0 saturated carbocycles. The largest absolute Gasteiger partial charge is 0.410 e. The second kappa shape index (κ2) is 4.02. The van der Waals surface area contributed by atoms with E-state index in [1.165, 1.54) is 12.1 Å². The summed E-state index contributed by atoms with van der Waals surface area (Å²) in [6.07, 6.45) is 0. The summed E-state index contributed by atoms with van der Waals surface area (Å²) in [5.74, 6) is -2.23. The lowest BCUT2D eigenvalue weighted by atomic mass is 10.2. The third-order valence-corrected chi connectivity index (χ3v) is 2.24. The smallest absolute Gasteiger partial charge is 0.178 e. The molecule has 0 aromatic heterocycles. The molecule has 0 saturated heterocycles. The first-order valence-electron chi connectivity index (χ1n) is 3.09. The van der Waals surface area contributed by atoms with E-state index in [1.807, 2.05) is 0 Å². The first-order chi connectivity index (χ1) is 6.07. The zero-order valence-electron chi connectivity index (χ0n) is 6.06. The lowest BCUT2D eigenvalue weighted by Gasteiger charge is -2.01. The summed E-state index contributed by atoms with van der Waals surface area (Å²) >= 11 is 8.09. The Hall–Kier alpha value is -0.680. The fourth-order valence-corrected chi connectivity index (χ4v) is 1.19. The van der Waals surface area contributed by atoms with Crippen LogP contribution in [-0.2, 0) is 0 Å². The third kappa shape index (κ3) is 1.97. The summed E-state index contributed by atoms with van der Waals surface area (Å²) in [7, 11) is 0. The van der Waals surface area contributed by atoms with Crippen molar-refractivity contribution in [2.75, 3.05) is 0 Å². The van der Waals surface area contributed by atoms with Crippen molar-refractivity contribution in [1.82, 2.24) is 0 Å². The Morgan fingerprint density at radius 2 is 2.00 bits per heavy atom. The fraction of sp³-hybridized carbons (Fsp3) is 0. The minimum atomic E-state index is -1.16. The van der Waals surface area contributed by atoms with Gasteiger partial charge in [0.2, 0.25) is 0 Å². The van der Waals surface area contributed by atoms with Crippen LogP contribution in [0.15, 0.2) is 21.8 Å². The minimum Gasteiger partial charge on any atom is -0.410 e. The first-order valence-corrected chi connectivity index (χ1v) is 4.26.